The zero-order chi connectivity index (χ0) is 18.6. The summed E-state index contributed by atoms with van der Waals surface area (Å²) in [6.45, 7) is 7.14. The van der Waals surface area contributed by atoms with Gasteiger partial charge in [0.25, 0.3) is 5.91 Å². The van der Waals surface area contributed by atoms with Crippen LogP contribution in [0.25, 0.3) is 0 Å². The Morgan fingerprint density at radius 1 is 1.24 bits per heavy atom. The molecule has 1 aromatic carbocycles. The van der Waals surface area contributed by atoms with Crippen LogP contribution in [0.3, 0.4) is 0 Å². The van der Waals surface area contributed by atoms with E-state index in [0.29, 0.717) is 24.4 Å². The molecule has 0 saturated heterocycles. The number of nitrogens with one attached hydrogen (secondary N) is 1. The summed E-state index contributed by atoms with van der Waals surface area (Å²) in [4.78, 5) is 14.6. The average Bonchev–Trinajstić information content (AvgIpc) is 2.55. The van der Waals surface area contributed by atoms with Gasteiger partial charge in [0.2, 0.25) is 0 Å². The molecular formula is C19H27F3N2O. The molecule has 1 N–H and O–H groups in total. The second-order valence-electron chi connectivity index (χ2n) is 7.00. The van der Waals surface area contributed by atoms with E-state index in [1.807, 2.05) is 12.1 Å². The maximum absolute atomic E-state index is 12.9. The Labute approximate surface area is 147 Å². The van der Waals surface area contributed by atoms with Gasteiger partial charge in [-0.1, -0.05) is 6.42 Å². The molecule has 2 unspecified atom stereocenters. The number of alkyl halides is 3. The van der Waals surface area contributed by atoms with Gasteiger partial charge in [0.15, 0.2) is 0 Å². The number of halogens is 3. The van der Waals surface area contributed by atoms with Crippen molar-refractivity contribution in [2.75, 3.05) is 11.4 Å². The number of benzene rings is 1. The molecule has 1 aromatic rings. The van der Waals surface area contributed by atoms with Gasteiger partial charge < -0.3 is 10.2 Å². The van der Waals surface area contributed by atoms with Crippen LogP contribution < -0.4 is 10.2 Å². The van der Waals surface area contributed by atoms with Crippen molar-refractivity contribution in [3.63, 3.8) is 0 Å². The summed E-state index contributed by atoms with van der Waals surface area (Å²) in [7, 11) is 0. The van der Waals surface area contributed by atoms with Gasteiger partial charge in [0.05, 0.1) is 5.92 Å². The van der Waals surface area contributed by atoms with Crippen LogP contribution in [0.1, 0.15) is 56.8 Å². The van der Waals surface area contributed by atoms with Crippen molar-refractivity contribution < 1.29 is 18.0 Å². The van der Waals surface area contributed by atoms with Crippen LogP contribution >= 0.6 is 0 Å². The zero-order valence-corrected chi connectivity index (χ0v) is 15.1. The summed E-state index contributed by atoms with van der Waals surface area (Å²) < 4.78 is 38.6. The molecular weight excluding hydrogens is 329 g/mol. The van der Waals surface area contributed by atoms with Crippen LogP contribution in [0.5, 0.6) is 0 Å². The molecule has 25 heavy (non-hydrogen) atoms. The fraction of sp³-hybridized carbons (Fsp3) is 0.632. The van der Waals surface area contributed by atoms with Gasteiger partial charge in [-0.3, -0.25) is 4.79 Å². The Balaban J connectivity index is 1.99. The van der Waals surface area contributed by atoms with Crippen molar-refractivity contribution in [1.82, 2.24) is 5.32 Å². The van der Waals surface area contributed by atoms with Crippen LogP contribution in [-0.2, 0) is 0 Å². The van der Waals surface area contributed by atoms with Crippen molar-refractivity contribution in [2.45, 2.75) is 64.7 Å². The average molecular weight is 356 g/mol. The molecule has 1 fully saturated rings. The van der Waals surface area contributed by atoms with Crippen molar-refractivity contribution in [3.8, 4) is 0 Å². The van der Waals surface area contributed by atoms with Crippen molar-refractivity contribution >= 4 is 11.6 Å². The van der Waals surface area contributed by atoms with Crippen molar-refractivity contribution in [3.05, 3.63) is 29.8 Å². The lowest BCUT2D eigenvalue weighted by atomic mass is 9.85. The fourth-order valence-electron chi connectivity index (χ4n) is 3.54. The zero-order valence-electron chi connectivity index (χ0n) is 15.1. The molecule has 0 aromatic heterocycles. The molecule has 0 heterocycles. The van der Waals surface area contributed by atoms with E-state index in [1.54, 1.807) is 12.1 Å². The lowest BCUT2D eigenvalue weighted by molar-refractivity contribution is -0.183. The Kier molecular flexibility index (Phi) is 6.36. The Bertz CT molecular complexity index is 569. The van der Waals surface area contributed by atoms with E-state index >= 15 is 0 Å². The van der Waals surface area contributed by atoms with E-state index in [0.717, 1.165) is 12.2 Å². The molecule has 140 valence electrons. The number of anilines is 1. The van der Waals surface area contributed by atoms with Gasteiger partial charge in [-0.2, -0.15) is 13.2 Å². The normalized spacial score (nSPS) is 21.2. The van der Waals surface area contributed by atoms with E-state index in [9.17, 15) is 18.0 Å². The second kappa shape index (κ2) is 8.11. The van der Waals surface area contributed by atoms with Gasteiger partial charge in [0, 0.05) is 29.9 Å². The molecule has 6 heteroatoms. The molecule has 0 bridgehead atoms. The van der Waals surface area contributed by atoms with E-state index < -0.39 is 18.1 Å². The molecule has 1 aliphatic carbocycles. The molecule has 0 spiro atoms. The predicted molar refractivity (Wildman–Crippen MR) is 93.9 cm³/mol. The summed E-state index contributed by atoms with van der Waals surface area (Å²) in [5.74, 6) is -1.61. The monoisotopic (exact) mass is 356 g/mol. The van der Waals surface area contributed by atoms with Gasteiger partial charge in [-0.25, -0.2) is 0 Å². The van der Waals surface area contributed by atoms with Gasteiger partial charge in [-0.05, 0) is 64.3 Å². The second-order valence-corrected chi connectivity index (χ2v) is 7.00. The summed E-state index contributed by atoms with van der Waals surface area (Å²) >= 11 is 0. The molecule has 1 amide bonds. The number of hydrogen-bond donors (Lipinski definition) is 1. The first-order valence-corrected chi connectivity index (χ1v) is 8.96. The number of carbonyl (C=O) groups is 1. The molecule has 2 atom stereocenters. The highest BCUT2D eigenvalue weighted by Gasteiger charge is 2.42. The van der Waals surface area contributed by atoms with Gasteiger partial charge in [-0.15, -0.1) is 0 Å². The third-order valence-electron chi connectivity index (χ3n) is 4.90. The maximum atomic E-state index is 12.9. The van der Waals surface area contributed by atoms with Crippen LogP contribution in [0.15, 0.2) is 24.3 Å². The summed E-state index contributed by atoms with van der Waals surface area (Å²) in [6, 6.07) is 7.19. The SMILES string of the molecule is CCN(c1ccc(C(=O)NC2CCCC(C(F)(F)F)C2)cc1)C(C)C. The lowest BCUT2D eigenvalue weighted by Crippen LogP contribution is -2.41. The first-order chi connectivity index (χ1) is 11.7. The highest BCUT2D eigenvalue weighted by Crippen LogP contribution is 2.37. The minimum atomic E-state index is -4.18. The van der Waals surface area contributed by atoms with Gasteiger partial charge >= 0.3 is 6.18 Å². The Morgan fingerprint density at radius 3 is 2.40 bits per heavy atom. The third kappa shape index (κ3) is 5.13. The standard InChI is InChI=1S/C19H27F3N2O/c1-4-24(13(2)3)17-10-8-14(9-11-17)18(25)23-16-7-5-6-15(12-16)19(20,21)22/h8-11,13,15-16H,4-7,12H2,1-3H3,(H,23,25). The molecule has 0 radical (unpaired) electrons. The maximum Gasteiger partial charge on any atom is 0.391 e. The van der Waals surface area contributed by atoms with Crippen LogP contribution in [0.2, 0.25) is 0 Å². The lowest BCUT2D eigenvalue weighted by Gasteiger charge is -2.31. The van der Waals surface area contributed by atoms with E-state index in [1.165, 1.54) is 0 Å². The van der Waals surface area contributed by atoms with Crippen LogP contribution in [0.4, 0.5) is 18.9 Å². The van der Waals surface area contributed by atoms with Crippen LogP contribution in [-0.4, -0.2) is 30.7 Å². The summed E-state index contributed by atoms with van der Waals surface area (Å²) in [5, 5.41) is 2.77. The van der Waals surface area contributed by atoms with E-state index in [4.69, 9.17) is 0 Å². The van der Waals surface area contributed by atoms with Crippen molar-refractivity contribution in [2.24, 2.45) is 5.92 Å². The Morgan fingerprint density at radius 2 is 1.88 bits per heavy atom. The first kappa shape index (κ1) is 19.6. The minimum Gasteiger partial charge on any atom is -0.369 e. The predicted octanol–water partition coefficient (Wildman–Crippen LogP) is 4.77. The Hall–Kier alpha value is -1.72. The summed E-state index contributed by atoms with van der Waals surface area (Å²) in [6.07, 6.45) is -2.94. The number of rotatable bonds is 5. The first-order valence-electron chi connectivity index (χ1n) is 8.96. The molecule has 2 rings (SSSR count). The van der Waals surface area contributed by atoms with E-state index in [2.05, 4.69) is 31.0 Å². The molecule has 3 nitrogen and oxygen atoms in total. The third-order valence-corrected chi connectivity index (χ3v) is 4.90. The number of carbonyl (C=O) groups excluding carboxylic acids is 1. The van der Waals surface area contributed by atoms with Crippen molar-refractivity contribution in [1.29, 1.82) is 0 Å². The molecule has 1 saturated carbocycles. The number of hydrogen-bond acceptors (Lipinski definition) is 2. The highest BCUT2D eigenvalue weighted by atomic mass is 19.4. The largest absolute Gasteiger partial charge is 0.391 e. The topological polar surface area (TPSA) is 32.3 Å². The van der Waals surface area contributed by atoms with Gasteiger partial charge in [0.1, 0.15) is 0 Å². The molecule has 0 aliphatic heterocycles. The quantitative estimate of drug-likeness (QED) is 0.824. The van der Waals surface area contributed by atoms with Crippen LogP contribution in [0, 0.1) is 5.92 Å². The minimum absolute atomic E-state index is 0.0235. The molecule has 1 aliphatic rings. The number of nitrogens with zero attached hydrogens (tertiary/aromatic N) is 1. The van der Waals surface area contributed by atoms with E-state index in [-0.39, 0.29) is 18.7 Å². The highest BCUT2D eigenvalue weighted by molar-refractivity contribution is 5.94. The smallest absolute Gasteiger partial charge is 0.369 e. The fourth-order valence-corrected chi connectivity index (χ4v) is 3.54. The number of amides is 1. The summed E-state index contributed by atoms with van der Waals surface area (Å²) in [5.41, 5.74) is 1.52.